The highest BCUT2D eigenvalue weighted by Gasteiger charge is 2.14. The molecule has 208 valence electrons. The molecule has 0 saturated carbocycles. The molecule has 1 rings (SSSR count). The van der Waals surface area contributed by atoms with Crippen LogP contribution in [0.3, 0.4) is 0 Å². The molecular formula is C29H52NO5P. The monoisotopic (exact) mass is 525 g/mol. The minimum absolute atomic E-state index is 0.0412. The third kappa shape index (κ3) is 19.0. The molecule has 1 aromatic rings. The van der Waals surface area contributed by atoms with Gasteiger partial charge in [-0.25, -0.2) is 0 Å². The second-order valence-corrected chi connectivity index (χ2v) is 12.0. The smallest absolute Gasteiger partial charge is 0.268 e. The summed E-state index contributed by atoms with van der Waals surface area (Å²) in [5.41, 5.74) is 0.947. The molecule has 0 heterocycles. The van der Waals surface area contributed by atoms with Crippen LogP contribution in [0.25, 0.3) is 0 Å². The lowest BCUT2D eigenvalue weighted by atomic mass is 10.1. The summed E-state index contributed by atoms with van der Waals surface area (Å²) in [5.74, 6) is 0.800. The standard InChI is InChI=1S/C29H52NO5P/c1-5-6-7-8-9-10-11-12-13-14-15-16-17-20-25-33-29-22-19-18-21-28(29)23-26-34-36(31,32)35-27-24-30(2,3)4/h10-11,18-19,21-22H,5-9,12-17,20,23-27H2,1-4H3/b11-10-. The predicted octanol–water partition coefficient (Wildman–Crippen LogP) is 7.07. The molecule has 36 heavy (non-hydrogen) atoms. The van der Waals surface area contributed by atoms with Crippen molar-refractivity contribution in [2.75, 3.05) is 47.5 Å². The number of phosphoric acid groups is 1. The molecule has 1 aromatic carbocycles. The van der Waals surface area contributed by atoms with Crippen LogP contribution < -0.4 is 9.63 Å². The zero-order valence-corrected chi connectivity index (χ0v) is 24.3. The molecule has 7 heteroatoms. The quantitative estimate of drug-likeness (QED) is 0.0661. The summed E-state index contributed by atoms with van der Waals surface area (Å²) in [5, 5.41) is 0. The third-order valence-electron chi connectivity index (χ3n) is 6.02. The van der Waals surface area contributed by atoms with Crippen molar-refractivity contribution in [3.8, 4) is 5.75 Å². The molecule has 0 aliphatic rings. The average Bonchev–Trinajstić information content (AvgIpc) is 2.81. The van der Waals surface area contributed by atoms with E-state index in [1.807, 2.05) is 45.4 Å². The Bertz CT molecular complexity index is 747. The Kier molecular flexibility index (Phi) is 18.1. The molecule has 0 bridgehead atoms. The number of rotatable bonds is 23. The Labute approximate surface area is 221 Å². The van der Waals surface area contributed by atoms with Crippen LogP contribution in [0.2, 0.25) is 0 Å². The average molecular weight is 526 g/mol. The van der Waals surface area contributed by atoms with E-state index >= 15 is 0 Å². The van der Waals surface area contributed by atoms with Crippen molar-refractivity contribution in [3.05, 3.63) is 42.0 Å². The molecule has 0 aromatic heterocycles. The van der Waals surface area contributed by atoms with E-state index in [-0.39, 0.29) is 13.2 Å². The number of likely N-dealkylation sites (N-methyl/N-ethyl adjacent to an activating group) is 1. The fourth-order valence-electron chi connectivity index (χ4n) is 3.76. The summed E-state index contributed by atoms with van der Waals surface area (Å²) in [7, 11) is 1.65. The fourth-order valence-corrected chi connectivity index (χ4v) is 4.46. The summed E-state index contributed by atoms with van der Waals surface area (Å²) < 4.78 is 28.6. The van der Waals surface area contributed by atoms with Gasteiger partial charge in [-0.3, -0.25) is 4.57 Å². The van der Waals surface area contributed by atoms with Crippen molar-refractivity contribution in [2.45, 2.75) is 90.4 Å². The number of unbranched alkanes of at least 4 members (excludes halogenated alkanes) is 10. The van der Waals surface area contributed by atoms with E-state index in [0.717, 1.165) is 17.7 Å². The Hall–Kier alpha value is -1.17. The van der Waals surface area contributed by atoms with Gasteiger partial charge in [-0.2, -0.15) is 0 Å². The van der Waals surface area contributed by atoms with Crippen LogP contribution in [0.15, 0.2) is 36.4 Å². The Morgan fingerprint density at radius 1 is 0.806 bits per heavy atom. The highest BCUT2D eigenvalue weighted by molar-refractivity contribution is 7.45. The first-order valence-electron chi connectivity index (χ1n) is 14.0. The van der Waals surface area contributed by atoms with Crippen LogP contribution in [0, 0.1) is 0 Å². The van der Waals surface area contributed by atoms with Crippen molar-refractivity contribution in [2.24, 2.45) is 0 Å². The number of para-hydroxylation sites is 1. The van der Waals surface area contributed by atoms with Gasteiger partial charge in [-0.05, 0) is 50.2 Å². The maximum atomic E-state index is 12.0. The van der Waals surface area contributed by atoms with Gasteiger partial charge < -0.3 is 23.2 Å². The van der Waals surface area contributed by atoms with Gasteiger partial charge >= 0.3 is 0 Å². The first-order chi connectivity index (χ1) is 17.2. The first kappa shape index (κ1) is 32.9. The number of hydrogen-bond donors (Lipinski definition) is 0. The normalized spacial score (nSPS) is 13.8. The molecule has 0 aliphatic carbocycles. The number of nitrogens with zero attached hydrogens (tertiary/aromatic N) is 1. The number of ether oxygens (including phenoxy) is 1. The Balaban J connectivity index is 2.12. The molecule has 0 saturated heterocycles. The molecule has 0 fully saturated rings. The van der Waals surface area contributed by atoms with E-state index in [1.165, 1.54) is 70.6 Å². The molecular weight excluding hydrogens is 473 g/mol. The molecule has 0 aliphatic heterocycles. The van der Waals surface area contributed by atoms with Gasteiger partial charge in [0.15, 0.2) is 0 Å². The highest BCUT2D eigenvalue weighted by Crippen LogP contribution is 2.38. The second-order valence-electron chi connectivity index (χ2n) is 10.6. The van der Waals surface area contributed by atoms with Gasteiger partial charge in [0.1, 0.15) is 18.9 Å². The lowest BCUT2D eigenvalue weighted by Gasteiger charge is -2.27. The van der Waals surface area contributed by atoms with Crippen molar-refractivity contribution < 1.29 is 27.7 Å². The van der Waals surface area contributed by atoms with Gasteiger partial charge in [0.2, 0.25) is 0 Å². The van der Waals surface area contributed by atoms with Crippen LogP contribution in [0.5, 0.6) is 5.75 Å². The number of benzene rings is 1. The zero-order chi connectivity index (χ0) is 26.5. The first-order valence-corrected chi connectivity index (χ1v) is 15.5. The van der Waals surface area contributed by atoms with E-state index in [2.05, 4.69) is 19.1 Å². The number of allylic oxidation sites excluding steroid dienone is 2. The molecule has 6 nitrogen and oxygen atoms in total. The highest BCUT2D eigenvalue weighted by atomic mass is 31.2. The molecule has 0 N–H and O–H groups in total. The summed E-state index contributed by atoms with van der Waals surface area (Å²) in [6.45, 7) is 3.67. The van der Waals surface area contributed by atoms with Crippen molar-refractivity contribution in [1.82, 2.24) is 0 Å². The van der Waals surface area contributed by atoms with E-state index < -0.39 is 7.82 Å². The maximum Gasteiger partial charge on any atom is 0.268 e. The van der Waals surface area contributed by atoms with E-state index in [4.69, 9.17) is 13.8 Å². The van der Waals surface area contributed by atoms with Gasteiger partial charge in [0, 0.05) is 0 Å². The molecule has 1 unspecified atom stereocenters. The van der Waals surface area contributed by atoms with Gasteiger partial charge in [0.25, 0.3) is 7.82 Å². The SMILES string of the molecule is CCCCCC/C=C\CCCCCCCCOc1ccccc1CCOP(=O)([O-])OCC[N+](C)(C)C. The maximum absolute atomic E-state index is 12.0. The Morgan fingerprint density at radius 3 is 2.06 bits per heavy atom. The van der Waals surface area contributed by atoms with Crippen molar-refractivity contribution in [3.63, 3.8) is 0 Å². The van der Waals surface area contributed by atoms with Crippen molar-refractivity contribution >= 4 is 7.82 Å². The molecule has 1 atom stereocenters. The van der Waals surface area contributed by atoms with Crippen LogP contribution in [0.4, 0.5) is 0 Å². The number of quaternary nitrogens is 1. The number of hydrogen-bond acceptors (Lipinski definition) is 5. The van der Waals surface area contributed by atoms with Gasteiger partial charge in [0.05, 0.1) is 34.4 Å². The third-order valence-corrected chi connectivity index (χ3v) is 7.02. The zero-order valence-electron chi connectivity index (χ0n) is 23.4. The van der Waals surface area contributed by atoms with Crippen LogP contribution in [-0.2, 0) is 20.0 Å². The van der Waals surface area contributed by atoms with Crippen molar-refractivity contribution in [1.29, 1.82) is 0 Å². The lowest BCUT2D eigenvalue weighted by Crippen LogP contribution is -2.37. The predicted molar refractivity (Wildman–Crippen MR) is 148 cm³/mol. The summed E-state index contributed by atoms with van der Waals surface area (Å²) in [6, 6.07) is 7.75. The largest absolute Gasteiger partial charge is 0.756 e. The fraction of sp³-hybridized carbons (Fsp3) is 0.724. The van der Waals surface area contributed by atoms with Gasteiger partial charge in [-0.1, -0.05) is 82.2 Å². The Morgan fingerprint density at radius 2 is 1.39 bits per heavy atom. The topological polar surface area (TPSA) is 67.8 Å². The summed E-state index contributed by atoms with van der Waals surface area (Å²) in [4.78, 5) is 12.0. The minimum atomic E-state index is -4.29. The summed E-state index contributed by atoms with van der Waals surface area (Å²) in [6.07, 6.45) is 20.3. The lowest BCUT2D eigenvalue weighted by molar-refractivity contribution is -0.870. The summed E-state index contributed by atoms with van der Waals surface area (Å²) >= 11 is 0. The van der Waals surface area contributed by atoms with E-state index in [9.17, 15) is 9.46 Å². The number of phosphoric ester groups is 1. The van der Waals surface area contributed by atoms with Gasteiger partial charge in [-0.15, -0.1) is 0 Å². The molecule has 0 spiro atoms. The van der Waals surface area contributed by atoms with E-state index in [1.54, 1.807) is 0 Å². The van der Waals surface area contributed by atoms with Crippen LogP contribution in [0.1, 0.15) is 89.5 Å². The van der Waals surface area contributed by atoms with E-state index in [0.29, 0.717) is 24.1 Å². The molecule has 0 amide bonds. The van der Waals surface area contributed by atoms with Crippen LogP contribution >= 0.6 is 7.82 Å². The minimum Gasteiger partial charge on any atom is -0.756 e. The molecule has 0 radical (unpaired) electrons. The second kappa shape index (κ2) is 19.9. The van der Waals surface area contributed by atoms with Crippen LogP contribution in [-0.4, -0.2) is 52.0 Å².